The molecule has 5 aromatic rings. The molecule has 0 amide bonds. The highest BCUT2D eigenvalue weighted by molar-refractivity contribution is 7.22. The molecular weight excluding hydrogens is 542 g/mol. The molecule has 0 atom stereocenters. The van der Waals surface area contributed by atoms with Crippen LogP contribution in [0.25, 0.3) is 26.5 Å². The van der Waals surface area contributed by atoms with E-state index in [1.165, 1.54) is 29.9 Å². The molecule has 5 rings (SSSR count). The summed E-state index contributed by atoms with van der Waals surface area (Å²) in [6.45, 7) is -0.175. The van der Waals surface area contributed by atoms with E-state index in [-0.39, 0.29) is 33.2 Å². The third kappa shape index (κ3) is 4.80. The zero-order valence-corrected chi connectivity index (χ0v) is 22.4. The van der Waals surface area contributed by atoms with Gasteiger partial charge in [-0.3, -0.25) is 9.36 Å². The summed E-state index contributed by atoms with van der Waals surface area (Å²) in [5, 5.41) is 11.0. The Morgan fingerprint density at radius 3 is 2.25 bits per heavy atom. The van der Waals surface area contributed by atoms with E-state index in [0.717, 1.165) is 28.0 Å². The van der Waals surface area contributed by atoms with Gasteiger partial charge in [0.2, 0.25) is 5.88 Å². The summed E-state index contributed by atoms with van der Waals surface area (Å²) < 4.78 is 36.5. The fourth-order valence-corrected chi connectivity index (χ4v) is 5.67. The van der Waals surface area contributed by atoms with Crippen LogP contribution >= 0.6 is 11.3 Å². The van der Waals surface area contributed by atoms with E-state index in [4.69, 9.17) is 4.74 Å². The van der Waals surface area contributed by atoms with Crippen LogP contribution in [-0.4, -0.2) is 45.4 Å². The van der Waals surface area contributed by atoms with Crippen molar-refractivity contribution in [1.29, 1.82) is 0 Å². The molecule has 0 radical (unpaired) electrons. The first kappa shape index (κ1) is 27.0. The quantitative estimate of drug-likeness (QED) is 0.256. The van der Waals surface area contributed by atoms with Crippen molar-refractivity contribution >= 4 is 27.2 Å². The van der Waals surface area contributed by atoms with Gasteiger partial charge in [-0.2, -0.15) is 0 Å². The van der Waals surface area contributed by atoms with Crippen molar-refractivity contribution in [2.45, 2.75) is 13.1 Å². The lowest BCUT2D eigenvalue weighted by Gasteiger charge is -2.14. The van der Waals surface area contributed by atoms with Crippen molar-refractivity contribution in [3.63, 3.8) is 0 Å². The van der Waals surface area contributed by atoms with Crippen molar-refractivity contribution in [3.8, 4) is 22.1 Å². The van der Waals surface area contributed by atoms with Gasteiger partial charge in [-0.05, 0) is 60.7 Å². The Bertz CT molecular complexity index is 1830. The van der Waals surface area contributed by atoms with Crippen LogP contribution in [0.1, 0.15) is 11.1 Å². The lowest BCUT2D eigenvalue weighted by molar-refractivity contribution is 0.391. The Hall–Kier alpha value is -4.62. The third-order valence-electron chi connectivity index (χ3n) is 6.22. The largest absolute Gasteiger partial charge is 0.480 e. The maximum Gasteiger partial charge on any atom is 0.338 e. The molecule has 0 aliphatic rings. The molecule has 0 saturated carbocycles. The van der Waals surface area contributed by atoms with Gasteiger partial charge in [-0.25, -0.2) is 18.1 Å². The monoisotopic (exact) mass is 564 g/mol. The molecule has 0 fully saturated rings. The SMILES string of the molecule is COc1ccc(-n2c(=O)c3c(CN(C)C)c(-c4ccc(N=O)cc4)sc3n(Cc3c(F)cccc3F)c2=O)nn1. The average molecular weight is 565 g/mol. The minimum absolute atomic E-state index is 0.0783. The number of aromatic nitrogens is 4. The Kier molecular flexibility index (Phi) is 7.32. The van der Waals surface area contributed by atoms with Crippen LogP contribution in [0, 0.1) is 16.5 Å². The second-order valence-corrected chi connectivity index (χ2v) is 10.1. The second kappa shape index (κ2) is 10.9. The van der Waals surface area contributed by atoms with E-state index in [9.17, 15) is 23.3 Å². The molecule has 40 heavy (non-hydrogen) atoms. The van der Waals surface area contributed by atoms with Crippen LogP contribution < -0.4 is 16.0 Å². The highest BCUT2D eigenvalue weighted by Crippen LogP contribution is 2.38. The molecular formula is C27H22F2N6O4S. The van der Waals surface area contributed by atoms with Crippen LogP contribution in [0.15, 0.2) is 69.4 Å². The first-order chi connectivity index (χ1) is 19.2. The zero-order valence-electron chi connectivity index (χ0n) is 21.6. The van der Waals surface area contributed by atoms with Gasteiger partial charge >= 0.3 is 5.69 Å². The normalized spacial score (nSPS) is 11.3. The van der Waals surface area contributed by atoms with Gasteiger partial charge in [-0.15, -0.1) is 26.4 Å². The standard InChI is InChI=1S/C27H22F2N6O4S/c1-33(2)13-18-23-25(36)35(21-11-12-22(39-3)31-30-21)27(37)34(14-17-19(28)5-4-6-20(17)29)26(23)40-24(18)15-7-9-16(32-38)10-8-15/h4-12H,13-14H2,1-3H3. The molecule has 10 nitrogen and oxygen atoms in total. The number of nitroso groups, excluding NO2 is 1. The van der Waals surface area contributed by atoms with Crippen LogP contribution in [0.5, 0.6) is 5.88 Å². The molecule has 0 bridgehead atoms. The lowest BCUT2D eigenvalue weighted by atomic mass is 10.1. The summed E-state index contributed by atoms with van der Waals surface area (Å²) in [5.41, 5.74) is -0.329. The number of benzene rings is 2. The lowest BCUT2D eigenvalue weighted by Crippen LogP contribution is -2.39. The van der Waals surface area contributed by atoms with E-state index >= 15 is 0 Å². The number of halogens is 2. The van der Waals surface area contributed by atoms with E-state index < -0.39 is 29.4 Å². The summed E-state index contributed by atoms with van der Waals surface area (Å²) in [6.07, 6.45) is 0. The fraction of sp³-hybridized carbons (Fsp3) is 0.185. The topological polar surface area (TPSA) is 112 Å². The molecule has 0 saturated heterocycles. The highest BCUT2D eigenvalue weighted by Gasteiger charge is 2.25. The van der Waals surface area contributed by atoms with E-state index in [0.29, 0.717) is 22.5 Å². The summed E-state index contributed by atoms with van der Waals surface area (Å²) >= 11 is 1.14. The van der Waals surface area contributed by atoms with Gasteiger partial charge in [0.25, 0.3) is 5.56 Å². The van der Waals surface area contributed by atoms with Crippen molar-refractivity contribution in [2.24, 2.45) is 5.18 Å². The number of rotatable bonds is 8. The van der Waals surface area contributed by atoms with Gasteiger partial charge in [0.05, 0.1) is 19.0 Å². The number of fused-ring (bicyclic) bond motifs is 1. The first-order valence-corrected chi connectivity index (χ1v) is 12.8. The van der Waals surface area contributed by atoms with Gasteiger partial charge in [0.1, 0.15) is 22.2 Å². The predicted molar refractivity (Wildman–Crippen MR) is 148 cm³/mol. The molecule has 0 unspecified atom stereocenters. The van der Waals surface area contributed by atoms with E-state index in [2.05, 4.69) is 15.4 Å². The van der Waals surface area contributed by atoms with Gasteiger partial charge in [0, 0.05) is 23.1 Å². The smallest absolute Gasteiger partial charge is 0.338 e. The third-order valence-corrected chi connectivity index (χ3v) is 7.53. The zero-order chi connectivity index (χ0) is 28.6. The van der Waals surface area contributed by atoms with Gasteiger partial charge in [-0.1, -0.05) is 18.2 Å². The maximum atomic E-state index is 14.7. The Morgan fingerprint density at radius 2 is 1.68 bits per heavy atom. The number of thiophene rings is 1. The van der Waals surface area contributed by atoms with Crippen LogP contribution in [0.3, 0.4) is 0 Å². The van der Waals surface area contributed by atoms with Crippen LogP contribution in [0.2, 0.25) is 0 Å². The predicted octanol–water partition coefficient (Wildman–Crippen LogP) is 4.47. The van der Waals surface area contributed by atoms with Crippen LogP contribution in [-0.2, 0) is 13.1 Å². The van der Waals surface area contributed by atoms with Crippen molar-refractivity contribution in [2.75, 3.05) is 21.2 Å². The molecule has 3 heterocycles. The molecule has 3 aromatic heterocycles. The highest BCUT2D eigenvalue weighted by atomic mass is 32.1. The summed E-state index contributed by atoms with van der Waals surface area (Å²) in [7, 11) is 5.05. The Balaban J connectivity index is 1.88. The maximum absolute atomic E-state index is 14.7. The number of nitrogens with zero attached hydrogens (tertiary/aromatic N) is 6. The van der Waals surface area contributed by atoms with Crippen molar-refractivity contribution in [3.05, 3.63) is 103 Å². The number of ether oxygens (including phenoxy) is 1. The van der Waals surface area contributed by atoms with E-state index in [1.807, 2.05) is 19.0 Å². The number of methoxy groups -OCH3 is 1. The second-order valence-electron chi connectivity index (χ2n) is 9.11. The Labute approximate surface area is 229 Å². The minimum Gasteiger partial charge on any atom is -0.480 e. The summed E-state index contributed by atoms with van der Waals surface area (Å²) in [5.74, 6) is -1.56. The van der Waals surface area contributed by atoms with Crippen LogP contribution in [0.4, 0.5) is 14.5 Å². The molecule has 2 aromatic carbocycles. The van der Waals surface area contributed by atoms with Crippen molar-refractivity contribution in [1.82, 2.24) is 24.2 Å². The number of hydrogen-bond acceptors (Lipinski definition) is 9. The van der Waals surface area contributed by atoms with Gasteiger partial charge in [0.15, 0.2) is 5.82 Å². The van der Waals surface area contributed by atoms with E-state index in [1.54, 1.807) is 24.3 Å². The number of hydrogen-bond donors (Lipinski definition) is 0. The molecule has 0 spiro atoms. The molecule has 0 N–H and O–H groups in total. The summed E-state index contributed by atoms with van der Waals surface area (Å²) in [6, 6.07) is 12.7. The first-order valence-electron chi connectivity index (χ1n) is 11.9. The summed E-state index contributed by atoms with van der Waals surface area (Å²) in [4.78, 5) is 41.6. The average Bonchev–Trinajstić information content (AvgIpc) is 3.31. The van der Waals surface area contributed by atoms with Crippen molar-refractivity contribution < 1.29 is 13.5 Å². The molecule has 0 aliphatic carbocycles. The fourth-order valence-electron chi connectivity index (χ4n) is 4.37. The molecule has 0 aliphatic heterocycles. The minimum atomic E-state index is -0.843. The Morgan fingerprint density at radius 1 is 0.975 bits per heavy atom. The van der Waals surface area contributed by atoms with Gasteiger partial charge < -0.3 is 9.64 Å². The molecule has 204 valence electrons. The molecule has 13 heteroatoms.